The molecule has 0 unspecified atom stereocenters. The first-order valence-corrected chi connectivity index (χ1v) is 15.9. The molecule has 0 atom stereocenters. The van der Waals surface area contributed by atoms with E-state index >= 15 is 0 Å². The monoisotopic (exact) mass is 444 g/mol. The second-order valence-corrected chi connectivity index (χ2v) is 14.4. The van der Waals surface area contributed by atoms with Crippen LogP contribution >= 0.6 is 7.26 Å². The zero-order chi connectivity index (χ0) is 22.0. The van der Waals surface area contributed by atoms with Gasteiger partial charge in [0.2, 0.25) is 0 Å². The van der Waals surface area contributed by atoms with Gasteiger partial charge in [0.1, 0.15) is 0 Å². The molecule has 0 aromatic heterocycles. The van der Waals surface area contributed by atoms with E-state index in [1.165, 1.54) is 57.4 Å². The molecule has 29 heavy (non-hydrogen) atoms. The predicted octanol–water partition coefficient (Wildman–Crippen LogP) is 7.48. The Labute approximate surface area is 181 Å². The van der Waals surface area contributed by atoms with E-state index in [4.69, 9.17) is 4.55 Å². The molecule has 0 aliphatic heterocycles. The number of hydrogen-bond donors (Lipinski definition) is 1. The van der Waals surface area contributed by atoms with Crippen molar-refractivity contribution in [3.05, 3.63) is 41.3 Å². The van der Waals surface area contributed by atoms with Gasteiger partial charge in [-0.25, -0.2) is 0 Å². The molecule has 170 valence electrons. The fraction of sp³-hybridized carbons (Fsp3) is 0.667. The van der Waals surface area contributed by atoms with Crippen molar-refractivity contribution in [3.8, 4) is 0 Å². The van der Waals surface area contributed by atoms with Crippen LogP contribution in [0.5, 0.6) is 0 Å². The molecule has 0 aliphatic carbocycles. The molecule has 0 heterocycles. The molecule has 1 aromatic rings. The van der Waals surface area contributed by atoms with Gasteiger partial charge in [0, 0.05) is 0 Å². The topological polar surface area (TPSA) is 54.4 Å². The summed E-state index contributed by atoms with van der Waals surface area (Å²) in [6.07, 6.45) is 19.5. The van der Waals surface area contributed by atoms with Gasteiger partial charge in [-0.2, -0.15) is 8.42 Å². The molecule has 0 spiro atoms. The number of benzene rings is 1. The Morgan fingerprint density at radius 2 is 1.14 bits per heavy atom. The Morgan fingerprint density at radius 1 is 0.759 bits per heavy atom. The van der Waals surface area contributed by atoms with E-state index in [-0.39, 0.29) is 0 Å². The van der Waals surface area contributed by atoms with Crippen molar-refractivity contribution >= 4 is 23.5 Å². The summed E-state index contributed by atoms with van der Waals surface area (Å²) in [5.74, 6) is 0. The Kier molecular flexibility index (Phi) is 16.6. The van der Waals surface area contributed by atoms with Gasteiger partial charge in [-0.05, 0) is 11.6 Å². The average molecular weight is 445 g/mol. The van der Waals surface area contributed by atoms with Crippen LogP contribution in [-0.4, -0.2) is 37.6 Å². The molecule has 1 rings (SSSR count). The normalized spacial score (nSPS) is 12.6. The molecular weight excluding hydrogens is 399 g/mol. The quantitative estimate of drug-likeness (QED) is 0.239. The van der Waals surface area contributed by atoms with E-state index in [0.29, 0.717) is 0 Å². The van der Waals surface area contributed by atoms with E-state index in [9.17, 15) is 8.42 Å². The molecule has 3 nitrogen and oxygen atoms in total. The Morgan fingerprint density at radius 3 is 1.45 bits per heavy atom. The number of hydrogen-bond acceptors (Lipinski definition) is 2. The summed E-state index contributed by atoms with van der Waals surface area (Å²) >= 11 is 0. The van der Waals surface area contributed by atoms with Crippen molar-refractivity contribution in [3.63, 3.8) is 0 Å². The van der Waals surface area contributed by atoms with Crippen LogP contribution in [0.4, 0.5) is 0 Å². The van der Waals surface area contributed by atoms with Crippen LogP contribution in [0.2, 0.25) is 0 Å². The molecule has 1 N–H and O–H groups in total. The van der Waals surface area contributed by atoms with Crippen molar-refractivity contribution in [2.45, 2.75) is 79.1 Å². The Bertz CT molecular complexity index is 589. The van der Waals surface area contributed by atoms with Crippen molar-refractivity contribution in [1.82, 2.24) is 0 Å². The van der Waals surface area contributed by atoms with Crippen molar-refractivity contribution < 1.29 is 13.0 Å². The van der Waals surface area contributed by atoms with Gasteiger partial charge in [0.05, 0.1) is 5.41 Å². The van der Waals surface area contributed by atoms with Crippen molar-refractivity contribution in [2.24, 2.45) is 0 Å². The standard InChI is InChI=1S/C16H37P.C8H8O3S/c1-5-9-13-17(14-10-6-2,15-11-7-3)16-12-8-4;9-12(10,11)7-6-8-4-2-1-3-5-8/h17H,5-16H2,1-4H3;1-7H,(H,9,10,11). The van der Waals surface area contributed by atoms with Crippen molar-refractivity contribution in [1.29, 1.82) is 0 Å². The predicted molar refractivity (Wildman–Crippen MR) is 134 cm³/mol. The van der Waals surface area contributed by atoms with Gasteiger partial charge in [0.25, 0.3) is 10.1 Å². The second-order valence-electron chi connectivity index (χ2n) is 8.14. The molecule has 0 amide bonds. The zero-order valence-electron chi connectivity index (χ0n) is 19.2. The Hall–Kier alpha value is -0.700. The molecule has 0 bridgehead atoms. The summed E-state index contributed by atoms with van der Waals surface area (Å²) in [4.78, 5) is 0. The maximum atomic E-state index is 10.3. The molecule has 0 fully saturated rings. The maximum absolute atomic E-state index is 10.3. The maximum Gasteiger partial charge on any atom is 0.287 e. The van der Waals surface area contributed by atoms with Gasteiger partial charge in [-0.15, -0.1) is 0 Å². The summed E-state index contributed by atoms with van der Waals surface area (Å²) in [7, 11) is -4.88. The smallest absolute Gasteiger partial charge is 0.282 e. The fourth-order valence-corrected chi connectivity index (χ4v) is 9.93. The van der Waals surface area contributed by atoms with Gasteiger partial charge < -0.3 is 0 Å². The molecule has 1 aromatic carbocycles. The van der Waals surface area contributed by atoms with Crippen LogP contribution in [0, 0.1) is 0 Å². The van der Waals surface area contributed by atoms with Crippen LogP contribution < -0.4 is 0 Å². The molecular formula is C24H45O3PS. The van der Waals surface area contributed by atoms with E-state index < -0.39 is 17.4 Å². The molecule has 0 radical (unpaired) electrons. The zero-order valence-corrected chi connectivity index (χ0v) is 21.0. The van der Waals surface area contributed by atoms with Crippen LogP contribution in [0.25, 0.3) is 6.08 Å². The van der Waals surface area contributed by atoms with Gasteiger partial charge in [0.15, 0.2) is 0 Å². The number of rotatable bonds is 14. The van der Waals surface area contributed by atoms with Gasteiger partial charge in [-0.1, -0.05) is 30.3 Å². The largest absolute Gasteiger partial charge is 0.287 e. The molecule has 0 aliphatic rings. The summed E-state index contributed by atoms with van der Waals surface area (Å²) in [6.45, 7) is 9.44. The summed E-state index contributed by atoms with van der Waals surface area (Å²) < 4.78 is 28.9. The third-order valence-corrected chi connectivity index (χ3v) is 11.6. The van der Waals surface area contributed by atoms with Gasteiger partial charge >= 0.3 is 111 Å². The minimum Gasteiger partial charge on any atom is -0.282 e. The molecule has 0 saturated carbocycles. The van der Waals surface area contributed by atoms with Crippen LogP contribution in [-0.2, 0) is 10.1 Å². The first-order chi connectivity index (χ1) is 13.8. The third kappa shape index (κ3) is 15.8. The first kappa shape index (κ1) is 28.3. The van der Waals surface area contributed by atoms with E-state index in [2.05, 4.69) is 27.7 Å². The van der Waals surface area contributed by atoms with Crippen LogP contribution in [0.15, 0.2) is 35.7 Å². The second kappa shape index (κ2) is 17.0. The molecule has 0 saturated heterocycles. The van der Waals surface area contributed by atoms with Crippen LogP contribution in [0.3, 0.4) is 0 Å². The summed E-state index contributed by atoms with van der Waals surface area (Å²) in [6, 6.07) is 8.86. The van der Waals surface area contributed by atoms with Crippen LogP contribution in [0.1, 0.15) is 84.6 Å². The SMILES string of the molecule is CCCC[PH](CCCC)(CCCC)CCCC.O=S(=O)(O)C=Cc1ccccc1. The summed E-state index contributed by atoms with van der Waals surface area (Å²) in [5, 5.41) is 0.752. The van der Waals surface area contributed by atoms with Gasteiger partial charge in [-0.3, -0.25) is 4.55 Å². The van der Waals surface area contributed by atoms with E-state index in [1.54, 1.807) is 48.9 Å². The first-order valence-electron chi connectivity index (χ1n) is 11.5. The fourth-order valence-electron chi connectivity index (χ4n) is 3.69. The van der Waals surface area contributed by atoms with Crippen molar-refractivity contribution in [2.75, 3.05) is 24.6 Å². The van der Waals surface area contributed by atoms with E-state index in [0.717, 1.165) is 11.0 Å². The Balaban J connectivity index is 0.000000571. The minimum absolute atomic E-state index is 0.732. The van der Waals surface area contributed by atoms with E-state index in [1.807, 2.05) is 6.07 Å². The third-order valence-electron chi connectivity index (χ3n) is 5.47. The average Bonchev–Trinajstić information content (AvgIpc) is 2.72. The molecule has 5 heteroatoms. The minimum atomic E-state index is -4.00. The summed E-state index contributed by atoms with van der Waals surface area (Å²) in [5.41, 5.74) is 0.732. The number of unbranched alkanes of at least 4 members (excludes halogenated alkanes) is 4.